The summed E-state index contributed by atoms with van der Waals surface area (Å²) in [7, 11) is 0. The number of hydrogen-bond donors (Lipinski definition) is 3. The fourth-order valence-electron chi connectivity index (χ4n) is 3.59. The van der Waals surface area contributed by atoms with Gasteiger partial charge in [-0.3, -0.25) is 0 Å². The van der Waals surface area contributed by atoms with Crippen molar-refractivity contribution in [3.8, 4) is 0 Å². The molecule has 1 aromatic heterocycles. The Labute approximate surface area is 187 Å². The minimum atomic E-state index is -0.473. The first-order valence-electron chi connectivity index (χ1n) is 9.28. The maximum Gasteiger partial charge on any atom is 0.337 e. The topological polar surface area (TPSA) is 93.0 Å². The third-order valence-corrected chi connectivity index (χ3v) is 5.85. The molecule has 1 atom stereocenters. The predicted octanol–water partition coefficient (Wildman–Crippen LogP) is 5.06. The monoisotopic (exact) mass is 482 g/mol. The number of anilines is 2. The standard InChI is InChI=1S/C22H19BrN4O2S/c1-12-16(21(28)29-11-13-7-3-2-4-8-13)17(14-9-5-6-10-15(14)23)18-19(24)26-22(30)27-20(18)25-12/h2-10,17H,11H2,1H3,(H4,24,25,26,27,30). The molecule has 152 valence electrons. The summed E-state index contributed by atoms with van der Waals surface area (Å²) in [6.45, 7) is 2.00. The van der Waals surface area contributed by atoms with Crippen LogP contribution < -0.4 is 11.1 Å². The minimum absolute atomic E-state index is 0.178. The summed E-state index contributed by atoms with van der Waals surface area (Å²) in [5.41, 5.74) is 9.88. The molecule has 6 nitrogen and oxygen atoms in total. The highest BCUT2D eigenvalue weighted by atomic mass is 79.9. The van der Waals surface area contributed by atoms with Crippen LogP contribution in [0.4, 0.5) is 11.6 Å². The van der Waals surface area contributed by atoms with Crippen LogP contribution in [0.25, 0.3) is 0 Å². The number of halogens is 1. The number of nitrogens with zero attached hydrogens (tertiary/aromatic N) is 1. The number of benzene rings is 2. The highest BCUT2D eigenvalue weighted by Gasteiger charge is 2.36. The first-order chi connectivity index (χ1) is 14.5. The van der Waals surface area contributed by atoms with Crippen molar-refractivity contribution in [3.05, 3.63) is 91.8 Å². The number of aromatic nitrogens is 2. The number of nitrogen functional groups attached to an aromatic ring is 1. The van der Waals surface area contributed by atoms with Gasteiger partial charge in [-0.2, -0.15) is 0 Å². The van der Waals surface area contributed by atoms with Crippen LogP contribution in [0.2, 0.25) is 0 Å². The number of esters is 1. The summed E-state index contributed by atoms with van der Waals surface area (Å²) in [4.78, 5) is 20.5. The Bertz CT molecular complexity index is 1210. The normalized spacial score (nSPS) is 15.3. The van der Waals surface area contributed by atoms with Crippen LogP contribution >= 0.6 is 28.1 Å². The van der Waals surface area contributed by atoms with E-state index in [-0.39, 0.29) is 11.4 Å². The Kier molecular flexibility index (Phi) is 5.69. The van der Waals surface area contributed by atoms with Crippen LogP contribution in [0.3, 0.4) is 0 Å². The largest absolute Gasteiger partial charge is 0.457 e. The van der Waals surface area contributed by atoms with E-state index in [0.29, 0.717) is 28.5 Å². The number of hydrogen-bond acceptors (Lipinski definition) is 6. The second kappa shape index (κ2) is 8.41. The molecule has 1 unspecified atom stereocenters. The number of carbonyl (C=O) groups is 1. The van der Waals surface area contributed by atoms with E-state index < -0.39 is 11.9 Å². The van der Waals surface area contributed by atoms with E-state index >= 15 is 0 Å². The zero-order chi connectivity index (χ0) is 21.3. The van der Waals surface area contributed by atoms with Gasteiger partial charge >= 0.3 is 5.97 Å². The molecule has 4 rings (SSSR count). The quantitative estimate of drug-likeness (QED) is 0.355. The van der Waals surface area contributed by atoms with Gasteiger partial charge in [-0.15, -0.1) is 0 Å². The summed E-state index contributed by atoms with van der Waals surface area (Å²) in [6, 6.07) is 17.3. The molecule has 0 spiro atoms. The van der Waals surface area contributed by atoms with E-state index in [1.807, 2.05) is 61.5 Å². The number of aromatic amines is 1. The maximum atomic E-state index is 13.2. The lowest BCUT2D eigenvalue weighted by Gasteiger charge is -2.30. The third-order valence-electron chi connectivity index (χ3n) is 4.94. The molecule has 1 aliphatic rings. The van der Waals surface area contributed by atoms with E-state index in [1.54, 1.807) is 0 Å². The molecular weight excluding hydrogens is 464 g/mol. The molecule has 2 aromatic carbocycles. The fraction of sp³-hybridized carbons (Fsp3) is 0.136. The second-order valence-corrected chi connectivity index (χ2v) is 8.14. The van der Waals surface area contributed by atoms with Gasteiger partial charge in [0.25, 0.3) is 0 Å². The van der Waals surface area contributed by atoms with Crippen molar-refractivity contribution in [1.82, 2.24) is 9.97 Å². The lowest BCUT2D eigenvalue weighted by molar-refractivity contribution is -0.140. The Hall–Kier alpha value is -2.97. The summed E-state index contributed by atoms with van der Waals surface area (Å²) >= 11 is 8.79. The van der Waals surface area contributed by atoms with Crippen molar-refractivity contribution < 1.29 is 9.53 Å². The summed E-state index contributed by atoms with van der Waals surface area (Å²) in [6.07, 6.45) is 0. The molecule has 0 saturated carbocycles. The number of allylic oxidation sites excluding steroid dienone is 1. The predicted molar refractivity (Wildman–Crippen MR) is 122 cm³/mol. The number of H-pyrrole nitrogens is 1. The van der Waals surface area contributed by atoms with Crippen LogP contribution in [0.5, 0.6) is 0 Å². The van der Waals surface area contributed by atoms with Gasteiger partial charge in [-0.25, -0.2) is 9.78 Å². The van der Waals surface area contributed by atoms with Crippen LogP contribution in [-0.2, 0) is 16.1 Å². The summed E-state index contributed by atoms with van der Waals surface area (Å²) in [5.74, 6) is 0.00443. The van der Waals surface area contributed by atoms with Crippen molar-refractivity contribution >= 4 is 45.8 Å². The first-order valence-corrected chi connectivity index (χ1v) is 10.5. The lowest BCUT2D eigenvalue weighted by Crippen LogP contribution is -2.26. The van der Waals surface area contributed by atoms with Crippen LogP contribution in [-0.4, -0.2) is 15.9 Å². The van der Waals surface area contributed by atoms with E-state index in [0.717, 1.165) is 15.6 Å². The molecule has 0 saturated heterocycles. The van der Waals surface area contributed by atoms with Gasteiger partial charge in [0.2, 0.25) is 0 Å². The van der Waals surface area contributed by atoms with Gasteiger partial charge in [0.15, 0.2) is 4.77 Å². The fourth-order valence-corrected chi connectivity index (χ4v) is 4.30. The third kappa shape index (κ3) is 3.88. The number of rotatable bonds is 4. The number of ether oxygens (including phenoxy) is 1. The molecule has 0 aliphatic carbocycles. The average molecular weight is 483 g/mol. The van der Waals surface area contributed by atoms with Crippen LogP contribution in [0.1, 0.15) is 29.5 Å². The van der Waals surface area contributed by atoms with E-state index in [2.05, 4.69) is 31.2 Å². The molecule has 1 aliphatic heterocycles. The number of carbonyl (C=O) groups excluding carboxylic acids is 1. The van der Waals surface area contributed by atoms with E-state index in [4.69, 9.17) is 22.7 Å². The lowest BCUT2D eigenvalue weighted by atomic mass is 9.82. The van der Waals surface area contributed by atoms with Crippen LogP contribution in [0.15, 0.2) is 70.3 Å². The van der Waals surface area contributed by atoms with Crippen molar-refractivity contribution in [2.75, 3.05) is 11.1 Å². The van der Waals surface area contributed by atoms with Crippen molar-refractivity contribution in [3.63, 3.8) is 0 Å². The Balaban J connectivity index is 1.80. The Morgan fingerprint density at radius 1 is 1.20 bits per heavy atom. The van der Waals surface area contributed by atoms with Gasteiger partial charge in [0.05, 0.1) is 11.5 Å². The molecule has 4 N–H and O–H groups in total. The highest BCUT2D eigenvalue weighted by Crippen LogP contribution is 2.45. The molecule has 0 radical (unpaired) electrons. The van der Waals surface area contributed by atoms with Gasteiger partial charge in [-0.1, -0.05) is 64.5 Å². The molecule has 2 heterocycles. The zero-order valence-corrected chi connectivity index (χ0v) is 18.5. The SMILES string of the molecule is CC1=C(C(=O)OCc2ccccc2)C(c2ccccc2Br)c2c(nc(=S)[nH]c2N)N1. The second-order valence-electron chi connectivity index (χ2n) is 6.90. The first kappa shape index (κ1) is 20.3. The van der Waals surface area contributed by atoms with Crippen LogP contribution in [0, 0.1) is 4.77 Å². The number of nitrogens with one attached hydrogen (secondary N) is 2. The highest BCUT2D eigenvalue weighted by molar-refractivity contribution is 9.10. The number of nitrogens with two attached hydrogens (primary N) is 1. The molecular formula is C22H19BrN4O2S. The summed E-state index contributed by atoms with van der Waals surface area (Å²) < 4.78 is 6.79. The zero-order valence-electron chi connectivity index (χ0n) is 16.1. The smallest absolute Gasteiger partial charge is 0.337 e. The maximum absolute atomic E-state index is 13.2. The Morgan fingerprint density at radius 3 is 2.63 bits per heavy atom. The summed E-state index contributed by atoms with van der Waals surface area (Å²) in [5, 5.41) is 3.18. The van der Waals surface area contributed by atoms with Crippen molar-refractivity contribution in [2.24, 2.45) is 0 Å². The number of fused-ring (bicyclic) bond motifs is 1. The molecule has 8 heteroatoms. The van der Waals surface area contributed by atoms with Gasteiger partial charge < -0.3 is 20.8 Å². The van der Waals surface area contributed by atoms with Crippen molar-refractivity contribution in [2.45, 2.75) is 19.4 Å². The molecule has 0 fully saturated rings. The Morgan fingerprint density at radius 2 is 1.90 bits per heavy atom. The molecule has 30 heavy (non-hydrogen) atoms. The van der Waals surface area contributed by atoms with Gasteiger partial charge in [0.1, 0.15) is 18.2 Å². The van der Waals surface area contributed by atoms with Crippen molar-refractivity contribution in [1.29, 1.82) is 0 Å². The van der Waals surface area contributed by atoms with Gasteiger partial charge in [0, 0.05) is 15.7 Å². The minimum Gasteiger partial charge on any atom is -0.457 e. The molecule has 0 bridgehead atoms. The van der Waals surface area contributed by atoms with E-state index in [9.17, 15) is 4.79 Å². The average Bonchev–Trinajstić information content (AvgIpc) is 2.72. The van der Waals surface area contributed by atoms with E-state index in [1.165, 1.54) is 0 Å². The molecule has 0 amide bonds. The van der Waals surface area contributed by atoms with Gasteiger partial charge in [-0.05, 0) is 36.3 Å². The molecule has 3 aromatic rings.